The molecular formula is C22H29IN4O2. The van der Waals surface area contributed by atoms with Gasteiger partial charge in [-0.2, -0.15) is 0 Å². The minimum absolute atomic E-state index is 0. The van der Waals surface area contributed by atoms with Crippen LogP contribution in [0.5, 0.6) is 5.75 Å². The molecule has 0 spiro atoms. The number of amides is 1. The van der Waals surface area contributed by atoms with Crippen molar-refractivity contribution in [3.05, 3.63) is 65.2 Å². The van der Waals surface area contributed by atoms with Crippen molar-refractivity contribution in [3.63, 3.8) is 0 Å². The Labute approximate surface area is 189 Å². The van der Waals surface area contributed by atoms with E-state index in [0.29, 0.717) is 26.1 Å². The van der Waals surface area contributed by atoms with Gasteiger partial charge in [-0.1, -0.05) is 36.4 Å². The van der Waals surface area contributed by atoms with Crippen LogP contribution in [0, 0.1) is 0 Å². The van der Waals surface area contributed by atoms with Gasteiger partial charge in [-0.05, 0) is 35.2 Å². The fourth-order valence-corrected chi connectivity index (χ4v) is 3.33. The first-order valence-electron chi connectivity index (χ1n) is 9.61. The molecule has 156 valence electrons. The number of carbonyl (C=O) groups excluding carboxylic acids is 1. The maximum atomic E-state index is 11.9. The number of likely N-dealkylation sites (tertiary alicyclic amines) is 1. The summed E-state index contributed by atoms with van der Waals surface area (Å²) in [5.74, 6) is 1.82. The van der Waals surface area contributed by atoms with Gasteiger partial charge in [-0.25, -0.2) is 0 Å². The number of ether oxygens (including phenoxy) is 1. The van der Waals surface area contributed by atoms with E-state index in [1.165, 1.54) is 11.1 Å². The third kappa shape index (κ3) is 6.62. The second-order valence-corrected chi connectivity index (χ2v) is 6.82. The van der Waals surface area contributed by atoms with Gasteiger partial charge in [-0.15, -0.1) is 24.0 Å². The average Bonchev–Trinajstić information content (AvgIpc) is 3.14. The Morgan fingerprint density at radius 1 is 1.10 bits per heavy atom. The van der Waals surface area contributed by atoms with Crippen LogP contribution < -0.4 is 15.4 Å². The minimum atomic E-state index is 0. The molecule has 3 rings (SSSR count). The zero-order valence-corrected chi connectivity index (χ0v) is 19.3. The molecule has 1 amide bonds. The van der Waals surface area contributed by atoms with Crippen LogP contribution in [0.1, 0.15) is 29.5 Å². The Balaban J connectivity index is 0.00000300. The predicted molar refractivity (Wildman–Crippen MR) is 127 cm³/mol. The Kier molecular flexibility index (Phi) is 9.24. The second kappa shape index (κ2) is 11.6. The first kappa shape index (κ1) is 23.0. The van der Waals surface area contributed by atoms with E-state index in [4.69, 9.17) is 4.74 Å². The zero-order valence-electron chi connectivity index (χ0n) is 17.0. The van der Waals surface area contributed by atoms with E-state index in [9.17, 15) is 4.79 Å². The van der Waals surface area contributed by atoms with E-state index in [-0.39, 0.29) is 29.9 Å². The van der Waals surface area contributed by atoms with Gasteiger partial charge >= 0.3 is 0 Å². The number of hydrogen-bond acceptors (Lipinski definition) is 3. The second-order valence-electron chi connectivity index (χ2n) is 6.82. The van der Waals surface area contributed by atoms with Crippen molar-refractivity contribution < 1.29 is 9.53 Å². The summed E-state index contributed by atoms with van der Waals surface area (Å²) in [6.45, 7) is 2.83. The molecule has 7 heteroatoms. The van der Waals surface area contributed by atoms with Crippen molar-refractivity contribution in [2.24, 2.45) is 4.99 Å². The zero-order chi connectivity index (χ0) is 19.8. The van der Waals surface area contributed by atoms with E-state index in [1.807, 2.05) is 41.3 Å². The van der Waals surface area contributed by atoms with Crippen molar-refractivity contribution in [1.82, 2.24) is 15.5 Å². The van der Waals surface area contributed by atoms with E-state index in [1.54, 1.807) is 14.2 Å². The van der Waals surface area contributed by atoms with Crippen LogP contribution in [0.15, 0.2) is 53.5 Å². The first-order valence-corrected chi connectivity index (χ1v) is 9.61. The molecule has 6 nitrogen and oxygen atoms in total. The van der Waals surface area contributed by atoms with Crippen LogP contribution >= 0.6 is 24.0 Å². The first-order chi connectivity index (χ1) is 13.7. The summed E-state index contributed by atoms with van der Waals surface area (Å²) >= 11 is 0. The maximum Gasteiger partial charge on any atom is 0.222 e. The summed E-state index contributed by atoms with van der Waals surface area (Å²) in [6.07, 6.45) is 1.63. The number of rotatable bonds is 7. The van der Waals surface area contributed by atoms with Crippen LogP contribution in [0.25, 0.3) is 0 Å². The molecule has 2 aromatic carbocycles. The topological polar surface area (TPSA) is 66.0 Å². The van der Waals surface area contributed by atoms with Crippen molar-refractivity contribution in [2.75, 3.05) is 20.7 Å². The smallest absolute Gasteiger partial charge is 0.222 e. The minimum Gasteiger partial charge on any atom is -0.497 e. The molecule has 1 fully saturated rings. The fraction of sp³-hybridized carbons (Fsp3) is 0.364. The van der Waals surface area contributed by atoms with Gasteiger partial charge < -0.3 is 20.3 Å². The van der Waals surface area contributed by atoms with Crippen LogP contribution in [0.3, 0.4) is 0 Å². The summed E-state index contributed by atoms with van der Waals surface area (Å²) < 4.78 is 5.27. The molecular weight excluding hydrogens is 479 g/mol. The monoisotopic (exact) mass is 508 g/mol. The van der Waals surface area contributed by atoms with Gasteiger partial charge in [0, 0.05) is 39.6 Å². The normalized spacial score (nSPS) is 13.8. The number of nitrogens with one attached hydrogen (secondary N) is 2. The lowest BCUT2D eigenvalue weighted by Gasteiger charge is -2.19. The molecule has 0 aromatic heterocycles. The highest BCUT2D eigenvalue weighted by molar-refractivity contribution is 14.0. The summed E-state index contributed by atoms with van der Waals surface area (Å²) in [4.78, 5) is 18.2. The average molecular weight is 508 g/mol. The molecule has 1 aliphatic heterocycles. The van der Waals surface area contributed by atoms with Gasteiger partial charge in [-0.3, -0.25) is 9.79 Å². The van der Waals surface area contributed by atoms with Crippen LogP contribution in [-0.4, -0.2) is 37.5 Å². The lowest BCUT2D eigenvalue weighted by molar-refractivity contribution is -0.128. The van der Waals surface area contributed by atoms with Crippen molar-refractivity contribution >= 4 is 35.8 Å². The molecule has 0 aliphatic carbocycles. The maximum absolute atomic E-state index is 11.9. The molecule has 0 atom stereocenters. The van der Waals surface area contributed by atoms with Gasteiger partial charge in [0.2, 0.25) is 5.91 Å². The summed E-state index contributed by atoms with van der Waals surface area (Å²) in [6, 6.07) is 16.2. The summed E-state index contributed by atoms with van der Waals surface area (Å²) in [5.41, 5.74) is 3.47. The quantitative estimate of drug-likeness (QED) is 0.342. The van der Waals surface area contributed by atoms with Crippen molar-refractivity contribution in [3.8, 4) is 5.75 Å². The molecule has 29 heavy (non-hydrogen) atoms. The standard InChI is InChI=1S/C22H28N4O2.HI/c1-23-22(24-14-17-7-5-10-20(13-17)28-2)25-15-18-8-3-4-9-19(18)16-26-12-6-11-21(26)27;/h3-5,7-10,13H,6,11-12,14-16H2,1-2H3,(H2,23,24,25);1H. The van der Waals surface area contributed by atoms with E-state index < -0.39 is 0 Å². The summed E-state index contributed by atoms with van der Waals surface area (Å²) in [7, 11) is 3.43. The molecule has 2 aromatic rings. The molecule has 0 bridgehead atoms. The molecule has 1 saturated heterocycles. The molecule has 1 heterocycles. The number of carbonyl (C=O) groups is 1. The van der Waals surface area contributed by atoms with Crippen molar-refractivity contribution in [1.29, 1.82) is 0 Å². The van der Waals surface area contributed by atoms with Crippen LogP contribution in [0.2, 0.25) is 0 Å². The largest absolute Gasteiger partial charge is 0.497 e. The lowest BCUT2D eigenvalue weighted by Crippen LogP contribution is -2.36. The number of methoxy groups -OCH3 is 1. The molecule has 1 aliphatic rings. The molecule has 0 unspecified atom stereocenters. The van der Waals surface area contributed by atoms with E-state index in [2.05, 4.69) is 27.8 Å². The number of aliphatic imine (C=N–C) groups is 1. The van der Waals surface area contributed by atoms with Crippen LogP contribution in [-0.2, 0) is 24.4 Å². The Hall–Kier alpha value is -2.29. The van der Waals surface area contributed by atoms with E-state index in [0.717, 1.165) is 30.2 Å². The summed E-state index contributed by atoms with van der Waals surface area (Å²) in [5, 5.41) is 6.69. The third-order valence-electron chi connectivity index (χ3n) is 4.91. The predicted octanol–water partition coefficient (Wildman–Crippen LogP) is 3.30. The van der Waals surface area contributed by atoms with Gasteiger partial charge in [0.1, 0.15) is 5.75 Å². The highest BCUT2D eigenvalue weighted by atomic mass is 127. The van der Waals surface area contributed by atoms with Crippen molar-refractivity contribution in [2.45, 2.75) is 32.5 Å². The number of nitrogens with zero attached hydrogens (tertiary/aromatic N) is 2. The van der Waals surface area contributed by atoms with Gasteiger partial charge in [0.15, 0.2) is 5.96 Å². The number of guanidine groups is 1. The third-order valence-corrected chi connectivity index (χ3v) is 4.91. The van der Waals surface area contributed by atoms with Gasteiger partial charge in [0.25, 0.3) is 0 Å². The number of halogens is 1. The Morgan fingerprint density at radius 3 is 2.55 bits per heavy atom. The van der Waals surface area contributed by atoms with Gasteiger partial charge in [0.05, 0.1) is 7.11 Å². The number of hydrogen-bond donors (Lipinski definition) is 2. The SMILES string of the molecule is CN=C(NCc1cccc(OC)c1)NCc1ccccc1CN1CCCC1=O.I. The highest BCUT2D eigenvalue weighted by Gasteiger charge is 2.20. The van der Waals surface area contributed by atoms with Crippen LogP contribution in [0.4, 0.5) is 0 Å². The molecule has 0 radical (unpaired) electrons. The Bertz CT molecular complexity index is 841. The molecule has 0 saturated carbocycles. The fourth-order valence-electron chi connectivity index (χ4n) is 3.33. The molecule has 2 N–H and O–H groups in total. The Morgan fingerprint density at radius 2 is 1.86 bits per heavy atom. The number of benzene rings is 2. The lowest BCUT2D eigenvalue weighted by atomic mass is 10.1. The van der Waals surface area contributed by atoms with E-state index >= 15 is 0 Å². The highest BCUT2D eigenvalue weighted by Crippen LogP contribution is 2.17.